The third-order valence-electron chi connectivity index (χ3n) is 2.94. The molecule has 0 aliphatic rings. The standard InChI is InChI=1S/C11H17BrO2S/c1-4-11(2,14-3)10(13)7-9-8(12)5-6-15-9/h5-6,10,13H,4,7H2,1-3H3. The molecule has 86 valence electrons. The van der Waals surface area contributed by atoms with Crippen molar-refractivity contribution in [1.82, 2.24) is 0 Å². The molecule has 0 aliphatic heterocycles. The number of hydrogen-bond donors (Lipinski definition) is 1. The number of hydrogen-bond acceptors (Lipinski definition) is 3. The fourth-order valence-corrected chi connectivity index (χ4v) is 2.93. The zero-order valence-corrected chi connectivity index (χ0v) is 11.7. The molecule has 0 aromatic carbocycles. The molecule has 0 spiro atoms. The third kappa shape index (κ3) is 3.03. The number of thiophene rings is 1. The van der Waals surface area contributed by atoms with Crippen LogP contribution in [0.25, 0.3) is 0 Å². The lowest BCUT2D eigenvalue weighted by molar-refractivity contribution is -0.0912. The maximum atomic E-state index is 10.1. The lowest BCUT2D eigenvalue weighted by Gasteiger charge is -2.32. The number of halogens is 1. The SMILES string of the molecule is CCC(C)(OC)C(O)Cc1sccc1Br. The zero-order chi connectivity index (χ0) is 11.5. The van der Waals surface area contributed by atoms with Gasteiger partial charge in [-0.1, -0.05) is 6.92 Å². The van der Waals surface area contributed by atoms with Crippen molar-refractivity contribution >= 4 is 27.3 Å². The molecule has 0 saturated carbocycles. The van der Waals surface area contributed by atoms with Crippen molar-refractivity contribution in [2.45, 2.75) is 38.4 Å². The van der Waals surface area contributed by atoms with Crippen LogP contribution in [0, 0.1) is 0 Å². The predicted octanol–water partition coefficient (Wildman–Crippen LogP) is 3.23. The maximum absolute atomic E-state index is 10.1. The smallest absolute Gasteiger partial charge is 0.0909 e. The Morgan fingerprint density at radius 3 is 2.73 bits per heavy atom. The molecule has 0 fully saturated rings. The summed E-state index contributed by atoms with van der Waals surface area (Å²) in [7, 11) is 1.65. The Hall–Kier alpha value is 0.100. The van der Waals surface area contributed by atoms with E-state index in [1.165, 1.54) is 4.88 Å². The van der Waals surface area contributed by atoms with E-state index in [-0.39, 0.29) is 0 Å². The van der Waals surface area contributed by atoms with Gasteiger partial charge in [-0.05, 0) is 40.7 Å². The fraction of sp³-hybridized carbons (Fsp3) is 0.636. The molecular formula is C11H17BrO2S. The van der Waals surface area contributed by atoms with Crippen LogP contribution in [0.15, 0.2) is 15.9 Å². The molecule has 1 aromatic rings. The predicted molar refractivity (Wildman–Crippen MR) is 67.4 cm³/mol. The van der Waals surface area contributed by atoms with Crippen LogP contribution in [0.1, 0.15) is 25.1 Å². The van der Waals surface area contributed by atoms with Crippen molar-refractivity contribution in [2.24, 2.45) is 0 Å². The summed E-state index contributed by atoms with van der Waals surface area (Å²) in [6.45, 7) is 3.97. The highest BCUT2D eigenvalue weighted by Crippen LogP contribution is 2.28. The third-order valence-corrected chi connectivity index (χ3v) is 4.89. The van der Waals surface area contributed by atoms with Gasteiger partial charge in [0.2, 0.25) is 0 Å². The molecule has 1 N–H and O–H groups in total. The van der Waals surface area contributed by atoms with Crippen LogP contribution >= 0.6 is 27.3 Å². The van der Waals surface area contributed by atoms with Gasteiger partial charge in [0.05, 0.1) is 11.7 Å². The summed E-state index contributed by atoms with van der Waals surface area (Å²) in [5, 5.41) is 12.1. The number of ether oxygens (including phenoxy) is 1. The van der Waals surface area contributed by atoms with Gasteiger partial charge in [-0.3, -0.25) is 0 Å². The molecule has 4 heteroatoms. The topological polar surface area (TPSA) is 29.5 Å². The first-order valence-corrected chi connectivity index (χ1v) is 6.66. The van der Waals surface area contributed by atoms with Crippen LogP contribution in [0.5, 0.6) is 0 Å². The second-order valence-corrected chi connectivity index (χ2v) is 5.64. The highest BCUT2D eigenvalue weighted by atomic mass is 79.9. The van der Waals surface area contributed by atoms with Crippen molar-refractivity contribution in [3.8, 4) is 0 Å². The second kappa shape index (κ2) is 5.43. The Labute approximate surface area is 103 Å². The quantitative estimate of drug-likeness (QED) is 0.903. The molecule has 0 radical (unpaired) electrons. The summed E-state index contributed by atoms with van der Waals surface area (Å²) < 4.78 is 6.45. The van der Waals surface area contributed by atoms with E-state index in [9.17, 15) is 5.11 Å². The Kier molecular flexibility index (Phi) is 4.77. The fourth-order valence-electron chi connectivity index (χ4n) is 1.38. The van der Waals surface area contributed by atoms with Crippen LogP contribution in [-0.4, -0.2) is 23.9 Å². The summed E-state index contributed by atoms with van der Waals surface area (Å²) in [5.74, 6) is 0. The van der Waals surface area contributed by atoms with Gasteiger partial charge in [0.1, 0.15) is 0 Å². The van der Waals surface area contributed by atoms with Gasteiger partial charge in [0, 0.05) is 22.9 Å². The minimum atomic E-state index is -0.470. The van der Waals surface area contributed by atoms with Gasteiger partial charge in [0.25, 0.3) is 0 Å². The first-order chi connectivity index (χ1) is 7.03. The largest absolute Gasteiger partial charge is 0.390 e. The molecule has 1 rings (SSSR count). The van der Waals surface area contributed by atoms with Crippen LogP contribution in [0.2, 0.25) is 0 Å². The molecule has 0 amide bonds. The van der Waals surface area contributed by atoms with Gasteiger partial charge in [0.15, 0.2) is 0 Å². The summed E-state index contributed by atoms with van der Waals surface area (Å²) >= 11 is 5.12. The van der Waals surface area contributed by atoms with Gasteiger partial charge in [-0.2, -0.15) is 0 Å². The van der Waals surface area contributed by atoms with Crippen LogP contribution in [-0.2, 0) is 11.2 Å². The maximum Gasteiger partial charge on any atom is 0.0909 e. The van der Waals surface area contributed by atoms with E-state index >= 15 is 0 Å². The molecule has 1 heterocycles. The molecule has 0 bridgehead atoms. The summed E-state index contributed by atoms with van der Waals surface area (Å²) in [6, 6.07) is 2.00. The van der Waals surface area contributed by atoms with Crippen LogP contribution in [0.3, 0.4) is 0 Å². The minimum absolute atomic E-state index is 0.455. The lowest BCUT2D eigenvalue weighted by atomic mass is 9.93. The van der Waals surface area contributed by atoms with E-state index in [2.05, 4.69) is 15.9 Å². The van der Waals surface area contributed by atoms with E-state index < -0.39 is 11.7 Å². The Morgan fingerprint density at radius 1 is 1.67 bits per heavy atom. The van der Waals surface area contributed by atoms with E-state index in [1.54, 1.807) is 18.4 Å². The van der Waals surface area contributed by atoms with Gasteiger partial charge in [-0.25, -0.2) is 0 Å². The molecule has 0 saturated heterocycles. The number of aliphatic hydroxyl groups is 1. The number of rotatable bonds is 5. The van der Waals surface area contributed by atoms with E-state index in [4.69, 9.17) is 4.74 Å². The molecule has 15 heavy (non-hydrogen) atoms. The highest BCUT2D eigenvalue weighted by molar-refractivity contribution is 9.10. The van der Waals surface area contributed by atoms with Crippen molar-refractivity contribution in [3.63, 3.8) is 0 Å². The lowest BCUT2D eigenvalue weighted by Crippen LogP contribution is -2.41. The monoisotopic (exact) mass is 292 g/mol. The second-order valence-electron chi connectivity index (χ2n) is 3.78. The molecule has 2 atom stereocenters. The van der Waals surface area contributed by atoms with Crippen molar-refractivity contribution in [3.05, 3.63) is 20.8 Å². The van der Waals surface area contributed by atoms with Gasteiger partial charge < -0.3 is 9.84 Å². The minimum Gasteiger partial charge on any atom is -0.390 e. The van der Waals surface area contributed by atoms with Gasteiger partial charge in [-0.15, -0.1) is 11.3 Å². The average Bonchev–Trinajstić information content (AvgIpc) is 2.63. The Morgan fingerprint density at radius 2 is 2.33 bits per heavy atom. The van der Waals surface area contributed by atoms with Crippen LogP contribution < -0.4 is 0 Å². The first-order valence-electron chi connectivity index (χ1n) is 4.98. The molecule has 2 nitrogen and oxygen atoms in total. The number of methoxy groups -OCH3 is 1. The van der Waals surface area contributed by atoms with Crippen molar-refractivity contribution < 1.29 is 9.84 Å². The molecule has 0 aliphatic carbocycles. The summed E-state index contributed by atoms with van der Waals surface area (Å²) in [4.78, 5) is 1.17. The average molecular weight is 293 g/mol. The van der Waals surface area contributed by atoms with Crippen LogP contribution in [0.4, 0.5) is 0 Å². The van der Waals surface area contributed by atoms with E-state index in [0.717, 1.165) is 10.9 Å². The Bertz CT molecular complexity index is 307. The number of aliphatic hydroxyl groups excluding tert-OH is 1. The molecular weight excluding hydrogens is 276 g/mol. The Balaban J connectivity index is 2.70. The zero-order valence-electron chi connectivity index (χ0n) is 9.29. The normalized spacial score (nSPS) is 17.4. The molecule has 1 aromatic heterocycles. The first kappa shape index (κ1) is 13.2. The summed E-state index contributed by atoms with van der Waals surface area (Å²) in [6.07, 6.45) is 0.965. The van der Waals surface area contributed by atoms with Gasteiger partial charge >= 0.3 is 0 Å². The van der Waals surface area contributed by atoms with Crippen molar-refractivity contribution in [1.29, 1.82) is 0 Å². The van der Waals surface area contributed by atoms with E-state index in [1.807, 2.05) is 25.3 Å². The van der Waals surface area contributed by atoms with Crippen molar-refractivity contribution in [2.75, 3.05) is 7.11 Å². The highest BCUT2D eigenvalue weighted by Gasteiger charge is 2.31. The molecule has 2 unspecified atom stereocenters. The van der Waals surface area contributed by atoms with E-state index in [0.29, 0.717) is 6.42 Å². The summed E-state index contributed by atoms with van der Waals surface area (Å²) in [5.41, 5.74) is -0.455.